The van der Waals surface area contributed by atoms with Crippen LogP contribution >= 0.6 is 0 Å². The van der Waals surface area contributed by atoms with Crippen molar-refractivity contribution in [2.24, 2.45) is 10.2 Å². The summed E-state index contributed by atoms with van der Waals surface area (Å²) in [5, 5.41) is 18.0. The highest BCUT2D eigenvalue weighted by atomic mass is 16.5. The van der Waals surface area contributed by atoms with Gasteiger partial charge in [-0.05, 0) is 83.6 Å². The molecule has 0 aliphatic rings. The molecular weight excluding hydrogens is 725 g/mol. The molecule has 4 N–H and O–H groups in total. The number of ether oxygens (including phenoxy) is 1. The maximum absolute atomic E-state index is 13.3. The second-order valence-electron chi connectivity index (χ2n) is 12.2. The Morgan fingerprint density at radius 2 is 0.947 bits per heavy atom. The highest BCUT2D eigenvalue weighted by Crippen LogP contribution is 2.18. The summed E-state index contributed by atoms with van der Waals surface area (Å²) in [6, 6.07) is 30.7. The second-order valence-corrected chi connectivity index (χ2v) is 12.2. The smallest absolute Gasteiger partial charge is 0.267 e. The summed E-state index contributed by atoms with van der Waals surface area (Å²) in [6.07, 6.45) is 6.71. The van der Waals surface area contributed by atoms with Crippen molar-refractivity contribution in [1.82, 2.24) is 21.3 Å². The molecule has 0 atom stereocenters. The van der Waals surface area contributed by atoms with E-state index in [-0.39, 0.29) is 37.7 Å². The molecule has 0 heterocycles. The molecule has 288 valence electrons. The van der Waals surface area contributed by atoms with Gasteiger partial charge in [0.05, 0.1) is 13.2 Å². The fraction of sp³-hybridized carbons (Fsp3) is 0.143. The van der Waals surface area contributed by atoms with Gasteiger partial charge in [0, 0.05) is 45.4 Å². The lowest BCUT2D eigenvalue weighted by atomic mass is 10.1. The number of amides is 4. The number of benzene rings is 4. The van der Waals surface area contributed by atoms with Gasteiger partial charge in [0.2, 0.25) is 0 Å². The Balaban J connectivity index is 1.34. The minimum atomic E-state index is -0.540. The fourth-order valence-electron chi connectivity index (χ4n) is 5.09. The second kappa shape index (κ2) is 22.5. The average molecular weight is 765 g/mol. The Morgan fingerprint density at radius 1 is 0.579 bits per heavy atom. The third-order valence-corrected chi connectivity index (χ3v) is 7.76. The van der Waals surface area contributed by atoms with Crippen LogP contribution in [0.5, 0.6) is 0 Å². The molecule has 0 radical (unpaired) electrons. The molecule has 4 aromatic carbocycles. The molecule has 0 bridgehead atoms. The van der Waals surface area contributed by atoms with Gasteiger partial charge in [-0.3, -0.25) is 19.2 Å². The van der Waals surface area contributed by atoms with E-state index < -0.39 is 23.6 Å². The van der Waals surface area contributed by atoms with Crippen molar-refractivity contribution in [3.63, 3.8) is 0 Å². The first-order valence-electron chi connectivity index (χ1n) is 17.6. The zero-order valence-corrected chi connectivity index (χ0v) is 31.3. The van der Waals surface area contributed by atoms with Gasteiger partial charge in [-0.2, -0.15) is 0 Å². The quantitative estimate of drug-likeness (QED) is 0.0197. The molecule has 0 fully saturated rings. The lowest BCUT2D eigenvalue weighted by Gasteiger charge is -2.13. The monoisotopic (exact) mass is 764 g/mol. The molecule has 0 saturated heterocycles. The molecule has 0 saturated carbocycles. The van der Waals surface area contributed by atoms with E-state index in [4.69, 9.17) is 15.8 Å². The number of carbonyl (C=O) groups excluding carboxylic acids is 4. The zero-order chi connectivity index (χ0) is 40.8. The number of azide groups is 2. The van der Waals surface area contributed by atoms with Gasteiger partial charge in [0.15, 0.2) is 0 Å². The van der Waals surface area contributed by atoms with Gasteiger partial charge < -0.3 is 26.0 Å². The highest BCUT2D eigenvalue weighted by molar-refractivity contribution is 6.04. The third kappa shape index (κ3) is 14.6. The standard InChI is InChI=1S/C42H40N10O5/c1-29(25-31-13-17-35(18-14-31)49-51-43)27-37(47-39(53)33-9-5-3-6-10-33)41(55)45-21-23-57-24-22-46-42(56)38(48-40(54)34-11-7-4-8-12-34)28-30(2)26-32-15-19-36(20-16-32)50-52-44/h3-20,25-28H,21-24H2,1-2H3,(H,45,55)(H,46,56)(H,47,53)(H,48,54)/b29-25+,30-26+,37-27-,38-28-. The highest BCUT2D eigenvalue weighted by Gasteiger charge is 2.16. The molecule has 0 spiro atoms. The Morgan fingerprint density at radius 3 is 1.30 bits per heavy atom. The van der Waals surface area contributed by atoms with Crippen molar-refractivity contribution < 1.29 is 23.9 Å². The van der Waals surface area contributed by atoms with Crippen LogP contribution in [0.4, 0.5) is 11.4 Å². The van der Waals surface area contributed by atoms with Crippen molar-refractivity contribution in [2.45, 2.75) is 13.8 Å². The predicted octanol–water partition coefficient (Wildman–Crippen LogP) is 7.95. The van der Waals surface area contributed by atoms with E-state index in [1.54, 1.807) is 147 Å². The summed E-state index contributed by atoms with van der Waals surface area (Å²) < 4.78 is 5.64. The summed E-state index contributed by atoms with van der Waals surface area (Å²) in [4.78, 5) is 58.0. The van der Waals surface area contributed by atoms with E-state index in [1.165, 1.54) is 0 Å². The van der Waals surface area contributed by atoms with Gasteiger partial charge in [0.25, 0.3) is 23.6 Å². The number of allylic oxidation sites excluding steroid dienone is 4. The molecule has 4 amide bonds. The van der Waals surface area contributed by atoms with E-state index in [0.29, 0.717) is 33.6 Å². The maximum Gasteiger partial charge on any atom is 0.267 e. The van der Waals surface area contributed by atoms with Crippen LogP contribution < -0.4 is 21.3 Å². The van der Waals surface area contributed by atoms with Crippen molar-refractivity contribution in [3.8, 4) is 0 Å². The van der Waals surface area contributed by atoms with Gasteiger partial charge in [0.1, 0.15) is 11.4 Å². The van der Waals surface area contributed by atoms with Crippen LogP contribution in [0.2, 0.25) is 0 Å². The molecule has 0 unspecified atom stereocenters. The van der Waals surface area contributed by atoms with Crippen molar-refractivity contribution in [3.05, 3.63) is 187 Å². The normalized spacial score (nSPS) is 11.7. The van der Waals surface area contributed by atoms with Gasteiger partial charge in [-0.25, -0.2) is 0 Å². The van der Waals surface area contributed by atoms with Crippen LogP contribution in [0.25, 0.3) is 33.0 Å². The van der Waals surface area contributed by atoms with E-state index in [1.807, 2.05) is 0 Å². The Labute approximate surface area is 329 Å². The molecule has 4 rings (SSSR count). The largest absolute Gasteiger partial charge is 0.378 e. The zero-order valence-electron chi connectivity index (χ0n) is 31.3. The molecule has 15 heteroatoms. The van der Waals surface area contributed by atoms with Crippen LogP contribution in [0, 0.1) is 0 Å². The number of hydrogen-bond acceptors (Lipinski definition) is 7. The predicted molar refractivity (Wildman–Crippen MR) is 219 cm³/mol. The number of rotatable bonds is 18. The first-order valence-corrected chi connectivity index (χ1v) is 17.6. The van der Waals surface area contributed by atoms with E-state index in [9.17, 15) is 19.2 Å². The molecule has 15 nitrogen and oxygen atoms in total. The summed E-state index contributed by atoms with van der Waals surface area (Å²) in [7, 11) is 0. The molecule has 0 aliphatic heterocycles. The minimum absolute atomic E-state index is 0.0157. The van der Waals surface area contributed by atoms with Crippen molar-refractivity contribution >= 4 is 47.2 Å². The molecule has 4 aromatic rings. The van der Waals surface area contributed by atoms with Gasteiger partial charge in [-0.1, -0.05) is 107 Å². The lowest BCUT2D eigenvalue weighted by molar-refractivity contribution is -0.118. The van der Waals surface area contributed by atoms with Crippen LogP contribution in [-0.4, -0.2) is 49.9 Å². The summed E-state index contributed by atoms with van der Waals surface area (Å²) in [5.74, 6) is -2.01. The van der Waals surface area contributed by atoms with E-state index >= 15 is 0 Å². The van der Waals surface area contributed by atoms with Crippen LogP contribution in [0.15, 0.2) is 154 Å². The molecular formula is C42H40N10O5. The van der Waals surface area contributed by atoms with Crippen LogP contribution in [0.1, 0.15) is 45.7 Å². The summed E-state index contributed by atoms with van der Waals surface area (Å²) >= 11 is 0. The fourth-order valence-corrected chi connectivity index (χ4v) is 5.09. The minimum Gasteiger partial charge on any atom is -0.378 e. The van der Waals surface area contributed by atoms with Crippen LogP contribution in [0.3, 0.4) is 0 Å². The van der Waals surface area contributed by atoms with E-state index in [2.05, 4.69) is 41.3 Å². The first kappa shape index (κ1) is 42.0. The first-order chi connectivity index (χ1) is 27.6. The molecule has 0 aromatic heterocycles. The number of nitrogens with one attached hydrogen (secondary N) is 4. The molecule has 0 aliphatic carbocycles. The molecule has 57 heavy (non-hydrogen) atoms. The summed E-state index contributed by atoms with van der Waals surface area (Å²) in [6.45, 7) is 3.95. The van der Waals surface area contributed by atoms with Crippen LogP contribution in [-0.2, 0) is 14.3 Å². The average Bonchev–Trinajstić information content (AvgIpc) is 3.22. The van der Waals surface area contributed by atoms with Gasteiger partial charge in [-0.15, -0.1) is 0 Å². The third-order valence-electron chi connectivity index (χ3n) is 7.76. The van der Waals surface area contributed by atoms with Crippen molar-refractivity contribution in [2.75, 3.05) is 26.3 Å². The van der Waals surface area contributed by atoms with E-state index in [0.717, 1.165) is 11.1 Å². The number of hydrogen-bond donors (Lipinski definition) is 4. The number of carbonyl (C=O) groups is 4. The summed E-state index contributed by atoms with van der Waals surface area (Å²) in [5.41, 5.74) is 21.9. The van der Waals surface area contributed by atoms with Crippen molar-refractivity contribution in [1.29, 1.82) is 0 Å². The Bertz CT molecular complexity index is 2090. The van der Waals surface area contributed by atoms with Gasteiger partial charge >= 0.3 is 0 Å². The lowest BCUT2D eigenvalue weighted by Crippen LogP contribution is -2.37. The Hall–Kier alpha value is -7.70. The topological polar surface area (TPSA) is 223 Å². The maximum atomic E-state index is 13.3. The Kier molecular flexibility index (Phi) is 16.6. The SMILES string of the molecule is CC(/C=C(\NC(=O)c1ccccc1)C(=O)NCCOCCNC(=O)/C(=C/C(C)=C/c1ccc(N=[N+]=[N-])cc1)NC(=O)c1ccccc1)=C\c1ccc(N=[N+]=[N-])cc1. The number of nitrogens with zero attached hydrogens (tertiary/aromatic N) is 6.